The lowest BCUT2D eigenvalue weighted by atomic mass is 9.94. The minimum absolute atomic E-state index is 0.128. The Labute approximate surface area is 274 Å². The SMILES string of the molecule is CCCN(C(=O)C(NC(=O)OC(C)(C)C)C(C)CC)C(C(=O)NC(Cc1ccccc1)C(=O)OC(C)(C)C)c1cccc(C)c1O. The van der Waals surface area contributed by atoms with Crippen molar-refractivity contribution in [1.29, 1.82) is 0 Å². The number of benzene rings is 2. The molecule has 0 aliphatic heterocycles. The topological polar surface area (TPSA) is 134 Å². The van der Waals surface area contributed by atoms with E-state index < -0.39 is 53.2 Å². The van der Waals surface area contributed by atoms with E-state index in [1.165, 1.54) is 4.90 Å². The second kappa shape index (κ2) is 16.5. The second-order valence-corrected chi connectivity index (χ2v) is 13.7. The molecule has 2 aromatic carbocycles. The smallest absolute Gasteiger partial charge is 0.408 e. The van der Waals surface area contributed by atoms with E-state index in [0.29, 0.717) is 18.4 Å². The highest BCUT2D eigenvalue weighted by molar-refractivity contribution is 5.94. The molecular formula is C36H53N3O7. The van der Waals surface area contributed by atoms with Crippen LogP contribution in [0.4, 0.5) is 4.79 Å². The number of aromatic hydroxyl groups is 1. The molecule has 0 heterocycles. The average molecular weight is 640 g/mol. The van der Waals surface area contributed by atoms with E-state index in [4.69, 9.17) is 9.47 Å². The Balaban J connectivity index is 2.65. The standard InChI is InChI=1S/C36H53N3O7/c1-11-21-39(32(42)28(23(3)12-2)38-34(44)46-36(8,9)10)29(26-20-16-17-24(4)30(26)40)31(41)37-27(33(43)45-35(5,6)7)22-25-18-14-13-15-19-25/h13-20,23,27-29,40H,11-12,21-22H2,1-10H3,(H,37,41)(H,38,44). The van der Waals surface area contributed by atoms with E-state index >= 15 is 0 Å². The summed E-state index contributed by atoms with van der Waals surface area (Å²) >= 11 is 0. The number of amides is 3. The molecule has 0 radical (unpaired) electrons. The molecule has 0 spiro atoms. The van der Waals surface area contributed by atoms with E-state index in [1.807, 2.05) is 51.1 Å². The first kappa shape index (κ1) is 38.1. The Morgan fingerprint density at radius 1 is 0.870 bits per heavy atom. The minimum atomic E-state index is -1.33. The maximum absolute atomic E-state index is 14.5. The van der Waals surface area contributed by atoms with Crippen molar-refractivity contribution in [2.75, 3.05) is 6.54 Å². The summed E-state index contributed by atoms with van der Waals surface area (Å²) in [6.45, 7) is 17.8. The Kier molecular flexibility index (Phi) is 13.6. The molecule has 0 aliphatic carbocycles. The number of esters is 1. The van der Waals surface area contributed by atoms with Crippen molar-refractivity contribution in [2.24, 2.45) is 5.92 Å². The molecule has 10 heteroatoms. The van der Waals surface area contributed by atoms with Gasteiger partial charge in [0.2, 0.25) is 11.8 Å². The van der Waals surface area contributed by atoms with Crippen LogP contribution in [0.3, 0.4) is 0 Å². The number of phenols is 1. The van der Waals surface area contributed by atoms with Crippen LogP contribution in [0.15, 0.2) is 48.5 Å². The predicted octanol–water partition coefficient (Wildman–Crippen LogP) is 5.99. The van der Waals surface area contributed by atoms with Crippen LogP contribution < -0.4 is 10.6 Å². The van der Waals surface area contributed by atoms with Crippen LogP contribution in [0.5, 0.6) is 5.75 Å². The van der Waals surface area contributed by atoms with Gasteiger partial charge in [-0.15, -0.1) is 0 Å². The summed E-state index contributed by atoms with van der Waals surface area (Å²) in [5, 5.41) is 16.8. The quantitative estimate of drug-likeness (QED) is 0.229. The number of ether oxygens (including phenoxy) is 2. The molecule has 3 N–H and O–H groups in total. The summed E-state index contributed by atoms with van der Waals surface area (Å²) in [5.41, 5.74) is -0.0962. The number of aryl methyl sites for hydroxylation is 1. The number of para-hydroxylation sites is 1. The number of hydrogen-bond donors (Lipinski definition) is 3. The fourth-order valence-corrected chi connectivity index (χ4v) is 4.92. The van der Waals surface area contributed by atoms with Gasteiger partial charge in [0.15, 0.2) is 0 Å². The molecule has 0 aliphatic rings. The van der Waals surface area contributed by atoms with Crippen molar-refractivity contribution in [3.8, 4) is 5.75 Å². The molecule has 4 unspecified atom stereocenters. The molecule has 10 nitrogen and oxygen atoms in total. The van der Waals surface area contributed by atoms with Crippen LogP contribution in [-0.4, -0.2) is 63.7 Å². The van der Waals surface area contributed by atoms with Gasteiger partial charge in [0.25, 0.3) is 0 Å². The second-order valence-electron chi connectivity index (χ2n) is 13.7. The summed E-state index contributed by atoms with van der Waals surface area (Å²) in [6.07, 6.45) is 0.415. The Morgan fingerprint density at radius 3 is 2.02 bits per heavy atom. The summed E-state index contributed by atoms with van der Waals surface area (Å²) in [4.78, 5) is 56.6. The normalized spacial score (nSPS) is 14.3. The summed E-state index contributed by atoms with van der Waals surface area (Å²) in [6, 6.07) is 10.8. The summed E-state index contributed by atoms with van der Waals surface area (Å²) in [5.74, 6) is -2.28. The maximum Gasteiger partial charge on any atom is 0.408 e. The molecule has 0 aromatic heterocycles. The van der Waals surface area contributed by atoms with E-state index in [1.54, 1.807) is 66.7 Å². The molecule has 0 saturated heterocycles. The third kappa shape index (κ3) is 11.4. The Bertz CT molecular complexity index is 1330. The van der Waals surface area contributed by atoms with Crippen LogP contribution in [0, 0.1) is 12.8 Å². The number of alkyl carbamates (subject to hydrolysis) is 1. The number of nitrogens with zero attached hydrogens (tertiary/aromatic N) is 1. The molecule has 2 aromatic rings. The van der Waals surface area contributed by atoms with Crippen molar-refractivity contribution in [2.45, 2.75) is 118 Å². The van der Waals surface area contributed by atoms with Gasteiger partial charge in [-0.2, -0.15) is 0 Å². The van der Waals surface area contributed by atoms with Crippen LogP contribution in [0.25, 0.3) is 0 Å². The van der Waals surface area contributed by atoms with Gasteiger partial charge >= 0.3 is 12.1 Å². The van der Waals surface area contributed by atoms with Gasteiger partial charge in [-0.3, -0.25) is 9.59 Å². The fourth-order valence-electron chi connectivity index (χ4n) is 4.92. The van der Waals surface area contributed by atoms with Crippen molar-refractivity contribution in [3.05, 3.63) is 65.2 Å². The molecule has 2 rings (SSSR count). The van der Waals surface area contributed by atoms with E-state index in [9.17, 15) is 24.3 Å². The van der Waals surface area contributed by atoms with Crippen LogP contribution in [-0.2, 0) is 30.3 Å². The van der Waals surface area contributed by atoms with Crippen molar-refractivity contribution >= 4 is 23.9 Å². The third-order valence-corrected chi connectivity index (χ3v) is 7.31. The highest BCUT2D eigenvalue weighted by Crippen LogP contribution is 2.33. The Morgan fingerprint density at radius 2 is 1.48 bits per heavy atom. The summed E-state index contributed by atoms with van der Waals surface area (Å²) < 4.78 is 11.1. The Hall–Kier alpha value is -4.08. The largest absolute Gasteiger partial charge is 0.507 e. The van der Waals surface area contributed by atoms with Crippen LogP contribution in [0.1, 0.15) is 97.9 Å². The lowest BCUT2D eigenvalue weighted by Crippen LogP contribution is -2.56. The maximum atomic E-state index is 14.5. The van der Waals surface area contributed by atoms with Gasteiger partial charge in [0.05, 0.1) is 0 Å². The molecule has 3 amide bonds. The van der Waals surface area contributed by atoms with Crippen LogP contribution in [0.2, 0.25) is 0 Å². The molecule has 0 fully saturated rings. The van der Waals surface area contributed by atoms with Gasteiger partial charge in [-0.05, 0) is 71.9 Å². The van der Waals surface area contributed by atoms with Gasteiger partial charge in [-0.25, -0.2) is 9.59 Å². The lowest BCUT2D eigenvalue weighted by Gasteiger charge is -2.36. The van der Waals surface area contributed by atoms with E-state index in [-0.39, 0.29) is 30.2 Å². The molecule has 0 saturated carbocycles. The van der Waals surface area contributed by atoms with Crippen molar-refractivity contribution in [3.63, 3.8) is 0 Å². The number of carbonyl (C=O) groups excluding carboxylic acids is 4. The number of nitrogens with one attached hydrogen (secondary N) is 2. The highest BCUT2D eigenvalue weighted by Gasteiger charge is 2.40. The average Bonchev–Trinajstić information content (AvgIpc) is 2.95. The fraction of sp³-hybridized carbons (Fsp3) is 0.556. The molecule has 0 bridgehead atoms. The number of hydrogen-bond acceptors (Lipinski definition) is 7. The van der Waals surface area contributed by atoms with Crippen LogP contribution >= 0.6 is 0 Å². The lowest BCUT2D eigenvalue weighted by molar-refractivity contribution is -0.159. The first-order valence-electron chi connectivity index (χ1n) is 16.0. The number of phenolic OH excluding ortho intramolecular Hbond substituents is 1. The number of carbonyl (C=O) groups is 4. The van der Waals surface area contributed by atoms with Crippen molar-refractivity contribution in [1.82, 2.24) is 15.5 Å². The third-order valence-electron chi connectivity index (χ3n) is 7.31. The highest BCUT2D eigenvalue weighted by atomic mass is 16.6. The van der Waals surface area contributed by atoms with Gasteiger partial charge in [0, 0.05) is 18.5 Å². The zero-order valence-corrected chi connectivity index (χ0v) is 29.1. The molecule has 254 valence electrons. The zero-order chi connectivity index (χ0) is 34.8. The van der Waals surface area contributed by atoms with E-state index in [2.05, 4.69) is 10.6 Å². The molecular weight excluding hydrogens is 586 g/mol. The van der Waals surface area contributed by atoms with E-state index in [0.717, 1.165) is 5.56 Å². The number of rotatable bonds is 13. The van der Waals surface area contributed by atoms with Gasteiger partial charge in [0.1, 0.15) is 35.1 Å². The monoisotopic (exact) mass is 639 g/mol. The first-order chi connectivity index (χ1) is 21.4. The first-order valence-corrected chi connectivity index (χ1v) is 16.0. The van der Waals surface area contributed by atoms with Gasteiger partial charge in [-0.1, -0.05) is 75.7 Å². The predicted molar refractivity (Wildman–Crippen MR) is 178 cm³/mol. The van der Waals surface area contributed by atoms with Crippen molar-refractivity contribution < 1.29 is 33.8 Å². The van der Waals surface area contributed by atoms with Gasteiger partial charge < -0.3 is 30.1 Å². The molecule has 46 heavy (non-hydrogen) atoms. The zero-order valence-electron chi connectivity index (χ0n) is 29.1. The molecule has 4 atom stereocenters. The minimum Gasteiger partial charge on any atom is -0.507 e. The summed E-state index contributed by atoms with van der Waals surface area (Å²) in [7, 11) is 0.